The number of thiazole rings is 1. The summed E-state index contributed by atoms with van der Waals surface area (Å²) in [6, 6.07) is 6.11. The van der Waals surface area contributed by atoms with Gasteiger partial charge in [0.15, 0.2) is 5.13 Å². The van der Waals surface area contributed by atoms with Crippen LogP contribution in [0.15, 0.2) is 18.2 Å². The molecule has 2 heterocycles. The quantitative estimate of drug-likeness (QED) is 0.752. The minimum absolute atomic E-state index is 0.107. The van der Waals surface area contributed by atoms with Gasteiger partial charge in [0.1, 0.15) is 5.75 Å². The number of ether oxygens (including phenoxy) is 1. The van der Waals surface area contributed by atoms with E-state index in [1.54, 1.807) is 22.7 Å². The maximum atomic E-state index is 12.4. The molecule has 1 saturated heterocycles. The Kier molecular flexibility index (Phi) is 4.83. The van der Waals surface area contributed by atoms with E-state index in [0.717, 1.165) is 59.9 Å². The highest BCUT2D eigenvalue weighted by atomic mass is 32.2. The number of anilines is 1. The van der Waals surface area contributed by atoms with Gasteiger partial charge in [0, 0.05) is 26.2 Å². The molecule has 2 fully saturated rings. The molecule has 142 valence electrons. The fourth-order valence-electron chi connectivity index (χ4n) is 3.51. The van der Waals surface area contributed by atoms with Crippen molar-refractivity contribution in [2.24, 2.45) is 0 Å². The van der Waals surface area contributed by atoms with Crippen molar-refractivity contribution >= 4 is 36.7 Å². The van der Waals surface area contributed by atoms with E-state index in [-0.39, 0.29) is 11.3 Å². The van der Waals surface area contributed by atoms with Gasteiger partial charge in [-0.15, -0.1) is 0 Å². The number of nitrogens with zero attached hydrogens (tertiary/aromatic N) is 3. The van der Waals surface area contributed by atoms with Crippen LogP contribution < -0.4 is 9.64 Å². The molecule has 1 aliphatic heterocycles. The summed E-state index contributed by atoms with van der Waals surface area (Å²) in [7, 11) is -1.34. The van der Waals surface area contributed by atoms with Gasteiger partial charge >= 0.3 is 0 Å². The van der Waals surface area contributed by atoms with Gasteiger partial charge in [-0.2, -0.15) is 0 Å². The summed E-state index contributed by atoms with van der Waals surface area (Å²) < 4.78 is 33.2. The molecule has 1 aromatic heterocycles. The van der Waals surface area contributed by atoms with Crippen molar-refractivity contribution in [2.45, 2.75) is 43.9 Å². The Bertz CT molecular complexity index is 884. The Morgan fingerprint density at radius 3 is 2.65 bits per heavy atom. The van der Waals surface area contributed by atoms with Crippen LogP contribution in [0.3, 0.4) is 0 Å². The number of piperidine rings is 1. The molecule has 6 nitrogen and oxygen atoms in total. The summed E-state index contributed by atoms with van der Waals surface area (Å²) in [6.45, 7) is 4.32. The molecular weight excluding hydrogens is 370 g/mol. The maximum absolute atomic E-state index is 12.4. The Hall–Kier alpha value is -1.38. The number of fused-ring (bicyclic) bond motifs is 1. The molecule has 1 aromatic carbocycles. The monoisotopic (exact) mass is 395 g/mol. The van der Waals surface area contributed by atoms with E-state index in [9.17, 15) is 8.42 Å². The summed E-state index contributed by atoms with van der Waals surface area (Å²) in [5, 5.41) is 0.883. The van der Waals surface area contributed by atoms with Crippen molar-refractivity contribution in [1.82, 2.24) is 9.29 Å². The highest BCUT2D eigenvalue weighted by molar-refractivity contribution is 7.90. The molecule has 2 aliphatic rings. The van der Waals surface area contributed by atoms with Crippen LogP contribution in [0.5, 0.6) is 5.75 Å². The van der Waals surface area contributed by atoms with Crippen LogP contribution in [-0.2, 0) is 10.0 Å². The average Bonchev–Trinajstić information content (AvgIpc) is 3.42. The van der Waals surface area contributed by atoms with Crippen molar-refractivity contribution < 1.29 is 13.2 Å². The van der Waals surface area contributed by atoms with E-state index in [1.165, 1.54) is 0 Å². The van der Waals surface area contributed by atoms with Crippen LogP contribution in [0, 0.1) is 0 Å². The van der Waals surface area contributed by atoms with Gasteiger partial charge in [0.05, 0.1) is 22.1 Å². The Morgan fingerprint density at radius 2 is 2.00 bits per heavy atom. The number of hydrogen-bond acceptors (Lipinski definition) is 6. The lowest BCUT2D eigenvalue weighted by atomic mass is 10.1. The molecule has 26 heavy (non-hydrogen) atoms. The lowest BCUT2D eigenvalue weighted by molar-refractivity contribution is 0.311. The molecule has 1 saturated carbocycles. The lowest BCUT2D eigenvalue weighted by Crippen LogP contribution is -2.46. The zero-order valence-electron chi connectivity index (χ0n) is 15.2. The summed E-state index contributed by atoms with van der Waals surface area (Å²) in [4.78, 5) is 7.03. The predicted octanol–water partition coefficient (Wildman–Crippen LogP) is 3.09. The number of rotatable bonds is 6. The number of hydrogen-bond donors (Lipinski definition) is 0. The second-order valence-electron chi connectivity index (χ2n) is 7.04. The van der Waals surface area contributed by atoms with Gasteiger partial charge < -0.3 is 9.64 Å². The third kappa shape index (κ3) is 3.42. The van der Waals surface area contributed by atoms with Crippen molar-refractivity contribution in [3.05, 3.63) is 18.2 Å². The molecular formula is C18H25N3O3S2. The average molecular weight is 396 g/mol. The molecule has 0 amide bonds. The van der Waals surface area contributed by atoms with Gasteiger partial charge in [0.25, 0.3) is 0 Å². The van der Waals surface area contributed by atoms with Crippen molar-refractivity contribution in [3.63, 3.8) is 0 Å². The van der Waals surface area contributed by atoms with Crippen molar-refractivity contribution in [2.75, 3.05) is 31.6 Å². The number of aromatic nitrogens is 1. The van der Waals surface area contributed by atoms with E-state index in [2.05, 4.69) is 4.90 Å². The third-order valence-electron chi connectivity index (χ3n) is 5.26. The smallest absolute Gasteiger partial charge is 0.216 e. The van der Waals surface area contributed by atoms with Gasteiger partial charge in [-0.3, -0.25) is 0 Å². The minimum Gasteiger partial charge on any atom is -0.494 e. The molecule has 8 heteroatoms. The molecule has 0 atom stereocenters. The molecule has 0 spiro atoms. The highest BCUT2D eigenvalue weighted by Crippen LogP contribution is 2.35. The normalized spacial score (nSPS) is 19.4. The number of benzene rings is 1. The SMILES string of the molecule is CCOc1ccc2nc(N3CCC(N(C)S(=O)(=O)C4CC4)CC3)sc2c1. The fraction of sp³-hybridized carbons (Fsp3) is 0.611. The first kappa shape index (κ1) is 18.0. The van der Waals surface area contributed by atoms with E-state index in [4.69, 9.17) is 9.72 Å². The molecule has 0 bridgehead atoms. The largest absolute Gasteiger partial charge is 0.494 e. The molecule has 0 unspecified atom stereocenters. The molecule has 1 aliphatic carbocycles. The summed E-state index contributed by atoms with van der Waals surface area (Å²) in [5.41, 5.74) is 0.990. The van der Waals surface area contributed by atoms with Gasteiger partial charge in [-0.05, 0) is 50.8 Å². The van der Waals surface area contributed by atoms with Crippen LogP contribution in [0.4, 0.5) is 5.13 Å². The Labute approximate surface area is 158 Å². The molecule has 4 rings (SSSR count). The minimum atomic E-state index is -3.09. The maximum Gasteiger partial charge on any atom is 0.216 e. The zero-order chi connectivity index (χ0) is 18.3. The first-order valence-corrected chi connectivity index (χ1v) is 11.6. The molecule has 0 radical (unpaired) electrons. The van der Waals surface area contributed by atoms with Crippen LogP contribution in [-0.4, -0.2) is 55.7 Å². The predicted molar refractivity (Wildman–Crippen MR) is 106 cm³/mol. The Balaban J connectivity index is 1.43. The van der Waals surface area contributed by atoms with Crippen molar-refractivity contribution in [1.29, 1.82) is 0 Å². The van der Waals surface area contributed by atoms with Crippen LogP contribution >= 0.6 is 11.3 Å². The number of sulfonamides is 1. The van der Waals surface area contributed by atoms with Crippen LogP contribution in [0.25, 0.3) is 10.2 Å². The third-order valence-corrected chi connectivity index (χ3v) is 8.75. The van der Waals surface area contributed by atoms with E-state index >= 15 is 0 Å². The fourth-order valence-corrected chi connectivity index (χ4v) is 6.39. The topological polar surface area (TPSA) is 62.7 Å². The summed E-state index contributed by atoms with van der Waals surface area (Å²) in [6.07, 6.45) is 3.34. The van der Waals surface area contributed by atoms with Crippen molar-refractivity contribution in [3.8, 4) is 5.75 Å². The van der Waals surface area contributed by atoms with Crippen LogP contribution in [0.1, 0.15) is 32.6 Å². The lowest BCUT2D eigenvalue weighted by Gasteiger charge is -2.36. The zero-order valence-corrected chi connectivity index (χ0v) is 16.9. The first-order chi connectivity index (χ1) is 12.5. The first-order valence-electron chi connectivity index (χ1n) is 9.24. The van der Waals surface area contributed by atoms with E-state index < -0.39 is 10.0 Å². The standard InChI is InChI=1S/C18H25N3O3S2/c1-3-24-14-4-7-16-17(12-14)25-18(19-16)21-10-8-13(9-11-21)20(2)26(22,23)15-5-6-15/h4,7,12-13,15H,3,5-6,8-11H2,1-2H3. The van der Waals surface area contributed by atoms with Crippen LogP contribution in [0.2, 0.25) is 0 Å². The molecule has 0 N–H and O–H groups in total. The molecule has 2 aromatic rings. The second-order valence-corrected chi connectivity index (χ2v) is 10.3. The second kappa shape index (κ2) is 6.98. The van der Waals surface area contributed by atoms with Gasteiger partial charge in [-0.25, -0.2) is 17.7 Å². The summed E-state index contributed by atoms with van der Waals surface area (Å²) >= 11 is 1.68. The van der Waals surface area contributed by atoms with Gasteiger partial charge in [0.2, 0.25) is 10.0 Å². The van der Waals surface area contributed by atoms with E-state index in [1.807, 2.05) is 25.1 Å². The Morgan fingerprint density at radius 1 is 1.27 bits per heavy atom. The summed E-state index contributed by atoms with van der Waals surface area (Å²) in [5.74, 6) is 0.876. The van der Waals surface area contributed by atoms with E-state index in [0.29, 0.717) is 6.61 Å². The highest BCUT2D eigenvalue weighted by Gasteiger charge is 2.41. The van der Waals surface area contributed by atoms with Gasteiger partial charge in [-0.1, -0.05) is 11.3 Å².